The Balaban J connectivity index is 1.94. The summed E-state index contributed by atoms with van der Waals surface area (Å²) in [5.41, 5.74) is 6.67. The van der Waals surface area contributed by atoms with Crippen LogP contribution in [-0.2, 0) is 12.8 Å². The second-order valence-electron chi connectivity index (χ2n) is 6.85. The fourth-order valence-corrected chi connectivity index (χ4v) is 4.33. The van der Waals surface area contributed by atoms with E-state index in [0.29, 0.717) is 17.7 Å². The van der Waals surface area contributed by atoms with Gasteiger partial charge in [-0.25, -0.2) is 0 Å². The molecular formula is C20H23NO. The normalized spacial score (nSPS) is 24.1. The van der Waals surface area contributed by atoms with E-state index in [9.17, 15) is 5.11 Å². The van der Waals surface area contributed by atoms with Gasteiger partial charge >= 0.3 is 0 Å². The van der Waals surface area contributed by atoms with E-state index >= 15 is 0 Å². The van der Waals surface area contributed by atoms with Crippen LogP contribution in [0.4, 0.5) is 0 Å². The molecule has 1 aliphatic carbocycles. The number of rotatable bonds is 0. The van der Waals surface area contributed by atoms with Gasteiger partial charge in [-0.2, -0.15) is 0 Å². The average molecular weight is 293 g/mol. The topological polar surface area (TPSA) is 23.5 Å². The highest BCUT2D eigenvalue weighted by molar-refractivity contribution is 5.50. The van der Waals surface area contributed by atoms with Gasteiger partial charge in [0.25, 0.3) is 0 Å². The number of phenolic OH excluding ortho intramolecular Hbond substituents is 1. The number of fused-ring (bicyclic) bond motifs is 5. The molecule has 2 nitrogen and oxygen atoms in total. The van der Waals surface area contributed by atoms with Crippen LogP contribution in [-0.4, -0.2) is 29.6 Å². The van der Waals surface area contributed by atoms with Gasteiger partial charge in [0.15, 0.2) is 0 Å². The van der Waals surface area contributed by atoms with Gasteiger partial charge in [-0.3, -0.25) is 0 Å². The van der Waals surface area contributed by atoms with E-state index in [-0.39, 0.29) is 0 Å². The van der Waals surface area contributed by atoms with Gasteiger partial charge in [0.1, 0.15) is 5.75 Å². The SMILES string of the molecule is Cc1cc2c(cc1O)C1c3ccccc3CCN(C)C1CC2. The van der Waals surface area contributed by atoms with Crippen molar-refractivity contribution < 1.29 is 5.11 Å². The number of hydrogen-bond donors (Lipinski definition) is 1. The fraction of sp³-hybridized carbons (Fsp3) is 0.400. The highest BCUT2D eigenvalue weighted by atomic mass is 16.3. The summed E-state index contributed by atoms with van der Waals surface area (Å²) < 4.78 is 0. The first-order valence-corrected chi connectivity index (χ1v) is 8.25. The van der Waals surface area contributed by atoms with Crippen molar-refractivity contribution in [2.75, 3.05) is 13.6 Å². The second kappa shape index (κ2) is 5.13. The molecule has 1 N–H and O–H groups in total. The molecule has 4 rings (SSSR count). The van der Waals surface area contributed by atoms with Gasteiger partial charge in [0, 0.05) is 18.5 Å². The second-order valence-corrected chi connectivity index (χ2v) is 6.85. The maximum absolute atomic E-state index is 10.2. The zero-order valence-corrected chi connectivity index (χ0v) is 13.3. The largest absolute Gasteiger partial charge is 0.508 e. The molecule has 2 aliphatic rings. The monoisotopic (exact) mass is 293 g/mol. The van der Waals surface area contributed by atoms with E-state index in [2.05, 4.69) is 42.3 Å². The van der Waals surface area contributed by atoms with Crippen molar-refractivity contribution in [2.45, 2.75) is 38.1 Å². The van der Waals surface area contributed by atoms with Crippen LogP contribution in [0.25, 0.3) is 0 Å². The molecule has 0 bridgehead atoms. The fourth-order valence-electron chi connectivity index (χ4n) is 4.33. The molecule has 0 aromatic heterocycles. The first-order chi connectivity index (χ1) is 10.6. The molecule has 2 heteroatoms. The van der Waals surface area contributed by atoms with Gasteiger partial charge in [-0.15, -0.1) is 0 Å². The number of nitrogens with zero attached hydrogens (tertiary/aromatic N) is 1. The van der Waals surface area contributed by atoms with Gasteiger partial charge in [-0.05, 0) is 67.1 Å². The van der Waals surface area contributed by atoms with Crippen molar-refractivity contribution in [3.05, 3.63) is 64.2 Å². The summed E-state index contributed by atoms with van der Waals surface area (Å²) in [6, 6.07) is 13.6. The summed E-state index contributed by atoms with van der Waals surface area (Å²) in [6.45, 7) is 3.11. The number of aromatic hydroxyl groups is 1. The van der Waals surface area contributed by atoms with Crippen molar-refractivity contribution in [3.63, 3.8) is 0 Å². The number of phenols is 1. The number of likely N-dealkylation sites (N-methyl/N-ethyl adjacent to an activating group) is 1. The first kappa shape index (κ1) is 13.8. The summed E-state index contributed by atoms with van der Waals surface area (Å²) in [6.07, 6.45) is 3.43. The Morgan fingerprint density at radius 3 is 2.73 bits per heavy atom. The molecule has 0 radical (unpaired) electrons. The van der Waals surface area contributed by atoms with Crippen LogP contribution in [0.5, 0.6) is 5.75 Å². The van der Waals surface area contributed by atoms with Crippen molar-refractivity contribution in [3.8, 4) is 5.75 Å². The standard InChI is InChI=1S/C20H23NO/c1-13-11-15-7-8-18-20(17(15)12-19(13)22)16-6-4-3-5-14(16)9-10-21(18)2/h3-6,11-12,18,20,22H,7-10H2,1-2H3. The number of benzene rings is 2. The minimum Gasteiger partial charge on any atom is -0.508 e. The van der Waals surface area contributed by atoms with Gasteiger partial charge < -0.3 is 10.0 Å². The Labute approximate surface area is 132 Å². The minimum atomic E-state index is 0.388. The Morgan fingerprint density at radius 1 is 1.05 bits per heavy atom. The van der Waals surface area contributed by atoms with E-state index in [1.165, 1.54) is 28.7 Å². The summed E-state index contributed by atoms with van der Waals surface area (Å²) in [4.78, 5) is 2.52. The summed E-state index contributed by atoms with van der Waals surface area (Å²) in [5.74, 6) is 0.822. The lowest BCUT2D eigenvalue weighted by atomic mass is 9.74. The molecule has 1 heterocycles. The van der Waals surface area contributed by atoms with E-state index in [1.807, 2.05) is 13.0 Å². The zero-order valence-electron chi connectivity index (χ0n) is 13.3. The van der Waals surface area contributed by atoms with Crippen molar-refractivity contribution in [1.82, 2.24) is 4.90 Å². The third kappa shape index (κ3) is 2.05. The molecule has 0 spiro atoms. The lowest BCUT2D eigenvalue weighted by Crippen LogP contribution is -2.39. The van der Waals surface area contributed by atoms with Crippen molar-refractivity contribution in [2.24, 2.45) is 0 Å². The molecule has 0 saturated carbocycles. The van der Waals surface area contributed by atoms with Gasteiger partial charge in [-0.1, -0.05) is 30.3 Å². The Hall–Kier alpha value is -1.80. The van der Waals surface area contributed by atoms with Crippen LogP contribution < -0.4 is 0 Å². The highest BCUT2D eigenvalue weighted by Gasteiger charge is 2.36. The molecule has 2 atom stereocenters. The predicted molar refractivity (Wildman–Crippen MR) is 89.6 cm³/mol. The van der Waals surface area contributed by atoms with Crippen molar-refractivity contribution in [1.29, 1.82) is 0 Å². The Kier molecular flexibility index (Phi) is 3.23. The lowest BCUT2D eigenvalue weighted by Gasteiger charge is -2.38. The molecule has 1 aliphatic heterocycles. The lowest BCUT2D eigenvalue weighted by molar-refractivity contribution is 0.214. The molecule has 2 unspecified atom stereocenters. The summed E-state index contributed by atoms with van der Waals surface area (Å²) >= 11 is 0. The molecule has 22 heavy (non-hydrogen) atoms. The molecule has 114 valence electrons. The molecule has 0 fully saturated rings. The smallest absolute Gasteiger partial charge is 0.118 e. The van der Waals surface area contributed by atoms with E-state index in [0.717, 1.165) is 24.9 Å². The van der Waals surface area contributed by atoms with Gasteiger partial charge in [0.05, 0.1) is 0 Å². The highest BCUT2D eigenvalue weighted by Crippen LogP contribution is 2.43. The summed E-state index contributed by atoms with van der Waals surface area (Å²) in [5, 5.41) is 10.2. The zero-order chi connectivity index (χ0) is 15.3. The van der Waals surface area contributed by atoms with Crippen molar-refractivity contribution >= 4 is 0 Å². The van der Waals surface area contributed by atoms with Crippen LogP contribution in [0.1, 0.15) is 40.2 Å². The van der Waals surface area contributed by atoms with Crippen LogP contribution in [0.3, 0.4) is 0 Å². The average Bonchev–Trinajstić information content (AvgIpc) is 2.67. The van der Waals surface area contributed by atoms with Crippen LogP contribution in [0, 0.1) is 6.92 Å². The predicted octanol–water partition coefficient (Wildman–Crippen LogP) is 3.64. The number of aryl methyl sites for hydroxylation is 2. The van der Waals surface area contributed by atoms with E-state index in [4.69, 9.17) is 0 Å². The van der Waals surface area contributed by atoms with Gasteiger partial charge in [0.2, 0.25) is 0 Å². The quantitative estimate of drug-likeness (QED) is 0.801. The van der Waals surface area contributed by atoms with E-state index in [1.54, 1.807) is 0 Å². The third-order valence-corrected chi connectivity index (χ3v) is 5.58. The first-order valence-electron chi connectivity index (χ1n) is 8.25. The van der Waals surface area contributed by atoms with Crippen LogP contribution in [0.15, 0.2) is 36.4 Å². The molecule has 0 saturated heterocycles. The van der Waals surface area contributed by atoms with E-state index < -0.39 is 0 Å². The maximum atomic E-state index is 10.2. The number of hydrogen-bond acceptors (Lipinski definition) is 2. The molecular weight excluding hydrogens is 270 g/mol. The molecule has 2 aromatic rings. The maximum Gasteiger partial charge on any atom is 0.118 e. The Bertz CT molecular complexity index is 722. The Morgan fingerprint density at radius 2 is 1.86 bits per heavy atom. The van der Waals surface area contributed by atoms with Crippen LogP contribution >= 0.6 is 0 Å². The minimum absolute atomic E-state index is 0.388. The molecule has 0 amide bonds. The molecule has 2 aromatic carbocycles. The third-order valence-electron chi connectivity index (χ3n) is 5.58. The summed E-state index contributed by atoms with van der Waals surface area (Å²) in [7, 11) is 2.25. The van der Waals surface area contributed by atoms with Crippen LogP contribution in [0.2, 0.25) is 0 Å².